The summed E-state index contributed by atoms with van der Waals surface area (Å²) in [6.07, 6.45) is 3.69. The van der Waals surface area contributed by atoms with Gasteiger partial charge in [0.15, 0.2) is 10.8 Å². The summed E-state index contributed by atoms with van der Waals surface area (Å²) in [7, 11) is 1.64. The lowest BCUT2D eigenvalue weighted by Gasteiger charge is -2.09. The molecule has 1 N–H and O–H groups in total. The molecular formula is C23H19ClN6O2S. The van der Waals surface area contributed by atoms with Crippen LogP contribution in [0.5, 0.6) is 5.75 Å². The van der Waals surface area contributed by atoms with Gasteiger partial charge in [-0.2, -0.15) is 5.10 Å². The number of methoxy groups -OCH3 is 1. The fraction of sp³-hybridized carbons (Fsp3) is 0.130. The normalized spacial score (nSPS) is 11.2. The third-order valence-electron chi connectivity index (χ3n) is 5.25. The minimum absolute atomic E-state index is 0.144. The summed E-state index contributed by atoms with van der Waals surface area (Å²) in [4.78, 5) is 12.5. The van der Waals surface area contributed by atoms with E-state index in [1.54, 1.807) is 23.8 Å². The monoisotopic (exact) mass is 478 g/mol. The summed E-state index contributed by atoms with van der Waals surface area (Å²) in [6, 6.07) is 15.1. The van der Waals surface area contributed by atoms with Crippen molar-refractivity contribution >= 4 is 46.1 Å². The van der Waals surface area contributed by atoms with Crippen LogP contribution in [0.4, 0.5) is 5.69 Å². The second kappa shape index (κ2) is 8.76. The average molecular weight is 479 g/mol. The Morgan fingerprint density at radius 3 is 2.76 bits per heavy atom. The fourth-order valence-electron chi connectivity index (χ4n) is 3.45. The van der Waals surface area contributed by atoms with Crippen LogP contribution < -0.4 is 10.1 Å². The Labute approximate surface area is 198 Å². The number of fused-ring (bicyclic) bond motifs is 3. The van der Waals surface area contributed by atoms with Crippen LogP contribution in [0.3, 0.4) is 0 Å². The molecule has 0 aliphatic carbocycles. The lowest BCUT2D eigenvalue weighted by Crippen LogP contribution is -2.15. The largest absolute Gasteiger partial charge is 0.497 e. The molecule has 0 fully saturated rings. The van der Waals surface area contributed by atoms with Gasteiger partial charge >= 0.3 is 0 Å². The molecule has 1 amide bonds. The van der Waals surface area contributed by atoms with Gasteiger partial charge < -0.3 is 10.1 Å². The maximum absolute atomic E-state index is 12.5. The predicted molar refractivity (Wildman–Crippen MR) is 129 cm³/mol. The number of halogens is 1. The highest BCUT2D eigenvalue weighted by atomic mass is 35.5. The van der Waals surface area contributed by atoms with Crippen LogP contribution in [0.15, 0.2) is 66.1 Å². The van der Waals surface area contributed by atoms with E-state index in [2.05, 4.69) is 20.6 Å². The molecule has 0 aliphatic heterocycles. The molecule has 166 valence electrons. The van der Waals surface area contributed by atoms with Gasteiger partial charge in [0.05, 0.1) is 18.6 Å². The standard InChI is InChI=1S/C23H19ClN6O2S/c1-14-17(24)4-3-5-18(14)25-21(31)13-33-23-27-26-22-20-12-19(28-30(20)11-10-29(22)23)15-6-8-16(32-2)9-7-15/h3-12H,13H2,1-2H3,(H,25,31). The highest BCUT2D eigenvalue weighted by molar-refractivity contribution is 7.99. The molecule has 0 saturated heterocycles. The van der Waals surface area contributed by atoms with Gasteiger partial charge in [-0.3, -0.25) is 9.20 Å². The topological polar surface area (TPSA) is 85.8 Å². The Hall–Kier alpha value is -3.56. The molecular weight excluding hydrogens is 460 g/mol. The third kappa shape index (κ3) is 4.12. The molecule has 5 rings (SSSR count). The second-order valence-electron chi connectivity index (χ2n) is 7.31. The molecule has 0 aliphatic rings. The van der Waals surface area contributed by atoms with E-state index in [-0.39, 0.29) is 11.7 Å². The zero-order valence-corrected chi connectivity index (χ0v) is 19.4. The van der Waals surface area contributed by atoms with Crippen molar-refractivity contribution in [2.24, 2.45) is 0 Å². The minimum Gasteiger partial charge on any atom is -0.497 e. The number of rotatable bonds is 6. The number of ether oxygens (including phenoxy) is 1. The number of amides is 1. The van der Waals surface area contributed by atoms with Gasteiger partial charge in [-0.15, -0.1) is 10.2 Å². The van der Waals surface area contributed by atoms with E-state index in [4.69, 9.17) is 16.3 Å². The zero-order chi connectivity index (χ0) is 22.9. The van der Waals surface area contributed by atoms with Crippen molar-refractivity contribution < 1.29 is 9.53 Å². The number of hydrogen-bond acceptors (Lipinski definition) is 6. The molecule has 0 spiro atoms. The quantitative estimate of drug-likeness (QED) is 0.354. The lowest BCUT2D eigenvalue weighted by molar-refractivity contribution is -0.113. The van der Waals surface area contributed by atoms with Gasteiger partial charge in [0.2, 0.25) is 5.91 Å². The molecule has 2 aromatic carbocycles. The smallest absolute Gasteiger partial charge is 0.234 e. The summed E-state index contributed by atoms with van der Waals surface area (Å²) in [5.41, 5.74) is 4.81. The first kappa shape index (κ1) is 21.3. The number of aromatic nitrogens is 5. The van der Waals surface area contributed by atoms with Crippen molar-refractivity contribution in [3.63, 3.8) is 0 Å². The number of nitrogens with one attached hydrogen (secondary N) is 1. The van der Waals surface area contributed by atoms with E-state index >= 15 is 0 Å². The van der Waals surface area contributed by atoms with E-state index in [1.165, 1.54) is 11.8 Å². The first-order valence-corrected chi connectivity index (χ1v) is 11.4. The fourth-order valence-corrected chi connectivity index (χ4v) is 4.34. The number of thioether (sulfide) groups is 1. The Morgan fingerprint density at radius 2 is 1.97 bits per heavy atom. The summed E-state index contributed by atoms with van der Waals surface area (Å²) in [5, 5.41) is 17.4. The number of anilines is 1. The summed E-state index contributed by atoms with van der Waals surface area (Å²) in [5.74, 6) is 0.835. The number of benzene rings is 2. The van der Waals surface area contributed by atoms with Crippen molar-refractivity contribution in [3.8, 4) is 17.0 Å². The van der Waals surface area contributed by atoms with Gasteiger partial charge in [-0.05, 0) is 55.0 Å². The van der Waals surface area contributed by atoms with Crippen LogP contribution in [0.2, 0.25) is 5.02 Å². The van der Waals surface area contributed by atoms with Gasteiger partial charge in [-0.25, -0.2) is 4.52 Å². The Bertz CT molecular complexity index is 1480. The van der Waals surface area contributed by atoms with Crippen molar-refractivity contribution in [2.45, 2.75) is 12.1 Å². The molecule has 3 aromatic heterocycles. The van der Waals surface area contributed by atoms with Crippen LogP contribution in [0.1, 0.15) is 5.56 Å². The molecule has 10 heteroatoms. The molecule has 8 nitrogen and oxygen atoms in total. The maximum Gasteiger partial charge on any atom is 0.234 e. The molecule has 0 radical (unpaired) electrons. The summed E-state index contributed by atoms with van der Waals surface area (Å²) in [6.45, 7) is 1.87. The van der Waals surface area contributed by atoms with Crippen molar-refractivity contribution in [3.05, 3.63) is 71.5 Å². The molecule has 0 unspecified atom stereocenters. The Morgan fingerprint density at radius 1 is 1.15 bits per heavy atom. The molecule has 33 heavy (non-hydrogen) atoms. The maximum atomic E-state index is 12.5. The summed E-state index contributed by atoms with van der Waals surface area (Å²) >= 11 is 7.44. The summed E-state index contributed by atoms with van der Waals surface area (Å²) < 4.78 is 8.85. The van der Waals surface area contributed by atoms with Gasteiger partial charge in [0.25, 0.3) is 0 Å². The first-order chi connectivity index (χ1) is 16.0. The molecule has 3 heterocycles. The Kier molecular flexibility index (Phi) is 5.65. The average Bonchev–Trinajstić information content (AvgIpc) is 3.45. The van der Waals surface area contributed by atoms with Gasteiger partial charge in [0, 0.05) is 28.7 Å². The first-order valence-electron chi connectivity index (χ1n) is 10.1. The predicted octanol–water partition coefficient (Wildman–Crippen LogP) is 4.75. The van der Waals surface area contributed by atoms with E-state index in [0.29, 0.717) is 21.5 Å². The van der Waals surface area contributed by atoms with Crippen LogP contribution in [-0.4, -0.2) is 43.0 Å². The SMILES string of the molecule is COc1ccc(-c2cc3c4nnc(SCC(=O)Nc5cccc(Cl)c5C)n4ccn3n2)cc1. The molecule has 0 atom stereocenters. The molecule has 0 saturated carbocycles. The number of carbonyl (C=O) groups excluding carboxylic acids is 1. The zero-order valence-electron chi connectivity index (χ0n) is 17.8. The number of carbonyl (C=O) groups is 1. The van der Waals surface area contributed by atoms with Crippen molar-refractivity contribution in [1.29, 1.82) is 0 Å². The van der Waals surface area contributed by atoms with Gasteiger partial charge in [0.1, 0.15) is 11.3 Å². The highest BCUT2D eigenvalue weighted by Crippen LogP contribution is 2.26. The Balaban J connectivity index is 1.36. The van der Waals surface area contributed by atoms with Gasteiger partial charge in [-0.1, -0.05) is 29.4 Å². The molecule has 0 bridgehead atoms. The number of hydrogen-bond donors (Lipinski definition) is 1. The van der Waals surface area contributed by atoms with E-state index < -0.39 is 0 Å². The van der Waals surface area contributed by atoms with E-state index in [1.807, 2.05) is 60.1 Å². The van der Waals surface area contributed by atoms with E-state index in [9.17, 15) is 4.79 Å². The van der Waals surface area contributed by atoms with Crippen molar-refractivity contribution in [2.75, 3.05) is 18.2 Å². The minimum atomic E-state index is -0.144. The lowest BCUT2D eigenvalue weighted by atomic mass is 10.1. The van der Waals surface area contributed by atoms with Crippen LogP contribution >= 0.6 is 23.4 Å². The third-order valence-corrected chi connectivity index (χ3v) is 6.60. The number of nitrogens with zero attached hydrogens (tertiary/aromatic N) is 5. The van der Waals surface area contributed by atoms with Crippen LogP contribution in [0.25, 0.3) is 22.4 Å². The van der Waals surface area contributed by atoms with Crippen molar-refractivity contribution in [1.82, 2.24) is 24.2 Å². The van der Waals surface area contributed by atoms with E-state index in [0.717, 1.165) is 28.1 Å². The second-order valence-corrected chi connectivity index (χ2v) is 8.66. The highest BCUT2D eigenvalue weighted by Gasteiger charge is 2.15. The van der Waals surface area contributed by atoms with Crippen LogP contribution in [0, 0.1) is 6.92 Å². The molecule has 5 aromatic rings. The van der Waals surface area contributed by atoms with Crippen LogP contribution in [-0.2, 0) is 4.79 Å².